The van der Waals surface area contributed by atoms with Crippen LogP contribution in [0.4, 0.5) is 0 Å². The molecular formula is C18H29ClO9. The Labute approximate surface area is 169 Å². The van der Waals surface area contributed by atoms with Crippen LogP contribution >= 0.6 is 11.6 Å². The third-order valence-electron chi connectivity index (χ3n) is 3.86. The maximum absolute atomic E-state index is 12.3. The van der Waals surface area contributed by atoms with Gasteiger partial charge in [-0.15, -0.1) is 11.6 Å². The fraction of sp³-hybridized carbons (Fsp3) is 0.833. The molecule has 28 heavy (non-hydrogen) atoms. The van der Waals surface area contributed by atoms with E-state index in [9.17, 15) is 24.6 Å². The van der Waals surface area contributed by atoms with Gasteiger partial charge in [0, 0.05) is 0 Å². The summed E-state index contributed by atoms with van der Waals surface area (Å²) in [5, 5.41) is 20.8. The van der Waals surface area contributed by atoms with Gasteiger partial charge in [0.1, 0.15) is 24.7 Å². The third kappa shape index (κ3) is 6.58. The lowest BCUT2D eigenvalue weighted by Gasteiger charge is -2.42. The van der Waals surface area contributed by atoms with Gasteiger partial charge < -0.3 is 29.2 Å². The van der Waals surface area contributed by atoms with E-state index in [1.165, 1.54) is 0 Å². The number of halogens is 1. The third-order valence-corrected chi connectivity index (χ3v) is 4.08. The summed E-state index contributed by atoms with van der Waals surface area (Å²) in [7, 11) is 0. The van der Waals surface area contributed by atoms with Gasteiger partial charge in [-0.05, 0) is 41.5 Å². The van der Waals surface area contributed by atoms with Crippen molar-refractivity contribution < 1.29 is 43.5 Å². The SMILES string of the molecule is CC(C)(C)C(=O)OCC1O[C@@H](O)C(OC(=O)CCl)[C@@H](OC(=O)C(C)(C)C)[C@H]1O. The van der Waals surface area contributed by atoms with E-state index in [2.05, 4.69) is 0 Å². The Morgan fingerprint density at radius 1 is 0.929 bits per heavy atom. The topological polar surface area (TPSA) is 129 Å². The highest BCUT2D eigenvalue weighted by Gasteiger charge is 2.50. The average molecular weight is 425 g/mol. The molecule has 10 heteroatoms. The molecule has 9 nitrogen and oxygen atoms in total. The molecule has 2 N–H and O–H groups in total. The molecule has 1 rings (SSSR count). The highest BCUT2D eigenvalue weighted by atomic mass is 35.5. The maximum Gasteiger partial charge on any atom is 0.321 e. The lowest BCUT2D eigenvalue weighted by Crippen LogP contribution is -2.62. The Morgan fingerprint density at radius 2 is 1.46 bits per heavy atom. The average Bonchev–Trinajstić information content (AvgIpc) is 2.57. The van der Waals surface area contributed by atoms with Crippen molar-refractivity contribution in [2.24, 2.45) is 10.8 Å². The van der Waals surface area contributed by atoms with Gasteiger partial charge in [-0.3, -0.25) is 14.4 Å². The predicted molar refractivity (Wildman–Crippen MR) is 97.2 cm³/mol. The van der Waals surface area contributed by atoms with E-state index in [-0.39, 0.29) is 0 Å². The van der Waals surface area contributed by atoms with Crippen LogP contribution in [0.25, 0.3) is 0 Å². The molecule has 1 saturated heterocycles. The van der Waals surface area contributed by atoms with E-state index >= 15 is 0 Å². The van der Waals surface area contributed by atoms with Crippen molar-refractivity contribution >= 4 is 29.5 Å². The second-order valence-electron chi connectivity index (χ2n) is 8.61. The van der Waals surface area contributed by atoms with Crippen LogP contribution in [0.1, 0.15) is 41.5 Å². The number of carbonyl (C=O) groups is 3. The molecule has 0 aromatic rings. The van der Waals surface area contributed by atoms with E-state index in [1.54, 1.807) is 41.5 Å². The minimum absolute atomic E-state index is 0.395. The molecule has 0 radical (unpaired) electrons. The molecule has 1 aliphatic rings. The van der Waals surface area contributed by atoms with Gasteiger partial charge >= 0.3 is 17.9 Å². The van der Waals surface area contributed by atoms with Crippen LogP contribution in [0.15, 0.2) is 0 Å². The van der Waals surface area contributed by atoms with Crippen molar-refractivity contribution in [1.29, 1.82) is 0 Å². The second-order valence-corrected chi connectivity index (χ2v) is 8.88. The Balaban J connectivity index is 3.01. The van der Waals surface area contributed by atoms with Crippen molar-refractivity contribution in [3.63, 3.8) is 0 Å². The van der Waals surface area contributed by atoms with Crippen LogP contribution < -0.4 is 0 Å². The molecular weight excluding hydrogens is 396 g/mol. The lowest BCUT2D eigenvalue weighted by molar-refractivity contribution is -0.295. The molecule has 0 amide bonds. The van der Waals surface area contributed by atoms with E-state index in [4.69, 9.17) is 30.5 Å². The number of alkyl halides is 1. The number of esters is 3. The van der Waals surface area contributed by atoms with Crippen molar-refractivity contribution in [2.45, 2.75) is 72.2 Å². The zero-order chi connectivity index (χ0) is 21.9. The molecule has 162 valence electrons. The van der Waals surface area contributed by atoms with Crippen molar-refractivity contribution in [3.05, 3.63) is 0 Å². The van der Waals surface area contributed by atoms with Crippen molar-refractivity contribution in [2.75, 3.05) is 12.5 Å². The quantitative estimate of drug-likeness (QED) is 0.373. The molecule has 2 unspecified atom stereocenters. The first-order chi connectivity index (χ1) is 12.7. The predicted octanol–water partition coefficient (Wildman–Crippen LogP) is 0.762. The standard InChI is InChI=1S/C18H29ClO9/c1-17(2,3)15(23)25-8-9-11(21)12(28-16(24)18(4,5)6)13(14(22)26-9)27-10(20)7-19/h9,11-14,21-22H,7-8H2,1-6H3/t9?,11-,12-,13?,14+/m0/s1. The first-order valence-corrected chi connectivity index (χ1v) is 9.37. The highest BCUT2D eigenvalue weighted by molar-refractivity contribution is 6.26. The zero-order valence-electron chi connectivity index (χ0n) is 16.9. The van der Waals surface area contributed by atoms with Gasteiger partial charge in [-0.1, -0.05) is 0 Å². The minimum atomic E-state index is -1.73. The summed E-state index contributed by atoms with van der Waals surface area (Å²) < 4.78 is 20.6. The van der Waals surface area contributed by atoms with Gasteiger partial charge in [-0.2, -0.15) is 0 Å². The molecule has 0 saturated carbocycles. The maximum atomic E-state index is 12.3. The summed E-state index contributed by atoms with van der Waals surface area (Å²) in [6.45, 7) is 9.35. The summed E-state index contributed by atoms with van der Waals surface area (Å²) in [5.41, 5.74) is -1.70. The summed E-state index contributed by atoms with van der Waals surface area (Å²) in [6.07, 6.45) is -7.41. The minimum Gasteiger partial charge on any atom is -0.462 e. The summed E-state index contributed by atoms with van der Waals surface area (Å²) in [6, 6.07) is 0. The molecule has 1 aliphatic heterocycles. The first kappa shape index (κ1) is 24.6. The highest BCUT2D eigenvalue weighted by Crippen LogP contribution is 2.28. The van der Waals surface area contributed by atoms with Crippen LogP contribution in [-0.2, 0) is 33.3 Å². The zero-order valence-corrected chi connectivity index (χ0v) is 17.7. The molecule has 1 fully saturated rings. The number of aliphatic hydroxyl groups is 2. The van der Waals surface area contributed by atoms with E-state index in [0.717, 1.165) is 0 Å². The molecule has 0 aromatic carbocycles. The van der Waals surface area contributed by atoms with Gasteiger partial charge in [0.2, 0.25) is 0 Å². The van der Waals surface area contributed by atoms with Crippen molar-refractivity contribution in [1.82, 2.24) is 0 Å². The lowest BCUT2D eigenvalue weighted by atomic mass is 9.95. The Hall–Kier alpha value is -1.42. The van der Waals surface area contributed by atoms with E-state index in [1.807, 2.05) is 0 Å². The normalized spacial score (nSPS) is 28.4. The van der Waals surface area contributed by atoms with Crippen LogP contribution in [-0.4, -0.2) is 71.3 Å². The van der Waals surface area contributed by atoms with Crippen LogP contribution in [0.3, 0.4) is 0 Å². The van der Waals surface area contributed by atoms with Gasteiger partial charge in [-0.25, -0.2) is 0 Å². The Kier molecular flexibility index (Phi) is 8.25. The first-order valence-electron chi connectivity index (χ1n) is 8.84. The van der Waals surface area contributed by atoms with Crippen LogP contribution in [0.2, 0.25) is 0 Å². The largest absolute Gasteiger partial charge is 0.462 e. The Morgan fingerprint density at radius 3 is 1.93 bits per heavy atom. The number of aliphatic hydroxyl groups excluding tert-OH is 2. The fourth-order valence-corrected chi connectivity index (χ4v) is 2.23. The molecule has 0 bridgehead atoms. The molecule has 5 atom stereocenters. The van der Waals surface area contributed by atoms with Gasteiger partial charge in [0.15, 0.2) is 18.5 Å². The fourth-order valence-electron chi connectivity index (χ4n) is 2.16. The van der Waals surface area contributed by atoms with E-state index in [0.29, 0.717) is 0 Å². The number of ether oxygens (including phenoxy) is 4. The van der Waals surface area contributed by atoms with Crippen molar-refractivity contribution in [3.8, 4) is 0 Å². The Bertz CT molecular complexity index is 579. The number of hydrogen-bond acceptors (Lipinski definition) is 9. The molecule has 0 spiro atoms. The number of hydrogen-bond donors (Lipinski definition) is 2. The summed E-state index contributed by atoms with van der Waals surface area (Å²) in [4.78, 5) is 35.8. The second kappa shape index (κ2) is 9.39. The van der Waals surface area contributed by atoms with Gasteiger partial charge in [0.25, 0.3) is 0 Å². The molecule has 1 heterocycles. The monoisotopic (exact) mass is 424 g/mol. The summed E-state index contributed by atoms with van der Waals surface area (Å²) >= 11 is 5.41. The smallest absolute Gasteiger partial charge is 0.321 e. The molecule has 0 aromatic heterocycles. The van der Waals surface area contributed by atoms with Crippen LogP contribution in [0.5, 0.6) is 0 Å². The number of carbonyl (C=O) groups excluding carboxylic acids is 3. The van der Waals surface area contributed by atoms with Crippen LogP contribution in [0, 0.1) is 10.8 Å². The number of rotatable bonds is 5. The summed E-state index contributed by atoms with van der Waals surface area (Å²) in [5.74, 6) is -2.64. The molecule has 0 aliphatic carbocycles. The van der Waals surface area contributed by atoms with Gasteiger partial charge in [0.05, 0.1) is 10.8 Å². The van der Waals surface area contributed by atoms with E-state index < -0.39 is 71.9 Å².